The lowest BCUT2D eigenvalue weighted by atomic mass is 10.2. The summed E-state index contributed by atoms with van der Waals surface area (Å²) in [4.78, 5) is 23.5. The van der Waals surface area contributed by atoms with Gasteiger partial charge in [-0.2, -0.15) is 5.10 Å². The predicted molar refractivity (Wildman–Crippen MR) is 99.3 cm³/mol. The Hall–Kier alpha value is -3.11. The molecular formula is C18H14BrN3O3. The van der Waals surface area contributed by atoms with Gasteiger partial charge in [0.15, 0.2) is 0 Å². The highest BCUT2D eigenvalue weighted by Gasteiger charge is 2.12. The molecule has 2 N–H and O–H groups in total. The molecular weight excluding hydrogens is 386 g/mol. The summed E-state index contributed by atoms with van der Waals surface area (Å²) in [5.74, 6) is 1.17. The summed E-state index contributed by atoms with van der Waals surface area (Å²) in [5.41, 5.74) is 3.27. The molecule has 0 aliphatic heterocycles. The number of benzene rings is 2. The first-order valence-corrected chi connectivity index (χ1v) is 7.94. The SMILES string of the molecule is C#CCOc1ccc(Br)cc1/C=N\NC(=O)C(=O)Nc1ccccc1. The van der Waals surface area contributed by atoms with E-state index in [0.29, 0.717) is 17.0 Å². The highest BCUT2D eigenvalue weighted by atomic mass is 79.9. The van der Waals surface area contributed by atoms with Crippen LogP contribution in [0.3, 0.4) is 0 Å². The number of carbonyl (C=O) groups excluding carboxylic acids is 2. The predicted octanol–water partition coefficient (Wildman–Crippen LogP) is 2.55. The van der Waals surface area contributed by atoms with Crippen LogP contribution < -0.4 is 15.5 Å². The zero-order chi connectivity index (χ0) is 18.1. The lowest BCUT2D eigenvalue weighted by molar-refractivity contribution is -0.136. The number of amides is 2. The van der Waals surface area contributed by atoms with Gasteiger partial charge in [-0.1, -0.05) is 40.0 Å². The number of hydrazone groups is 1. The highest BCUT2D eigenvalue weighted by molar-refractivity contribution is 9.10. The molecule has 0 aromatic heterocycles. The third-order valence-corrected chi connectivity index (χ3v) is 3.38. The molecule has 0 atom stereocenters. The van der Waals surface area contributed by atoms with Crippen molar-refractivity contribution in [2.24, 2.45) is 5.10 Å². The largest absolute Gasteiger partial charge is 0.480 e. The van der Waals surface area contributed by atoms with E-state index in [2.05, 4.69) is 37.7 Å². The summed E-state index contributed by atoms with van der Waals surface area (Å²) >= 11 is 3.34. The van der Waals surface area contributed by atoms with Gasteiger partial charge in [0.05, 0.1) is 6.21 Å². The standard InChI is InChI=1S/C18H14BrN3O3/c1-2-10-25-16-9-8-14(19)11-13(16)12-20-22-18(24)17(23)21-15-6-4-3-5-7-15/h1,3-9,11-12H,10H2,(H,21,23)(H,22,24)/b20-12-. The molecule has 25 heavy (non-hydrogen) atoms. The molecule has 0 aliphatic carbocycles. The molecule has 2 aromatic carbocycles. The number of anilines is 1. The van der Waals surface area contributed by atoms with Crippen LogP contribution in [0, 0.1) is 12.3 Å². The smallest absolute Gasteiger partial charge is 0.329 e. The van der Waals surface area contributed by atoms with Crippen LogP contribution in [0.5, 0.6) is 5.75 Å². The van der Waals surface area contributed by atoms with Crippen molar-refractivity contribution in [3.05, 3.63) is 58.6 Å². The number of halogens is 1. The minimum absolute atomic E-state index is 0.105. The zero-order valence-electron chi connectivity index (χ0n) is 13.0. The number of para-hydroxylation sites is 1. The number of rotatable bonds is 5. The number of ether oxygens (including phenoxy) is 1. The van der Waals surface area contributed by atoms with Crippen LogP contribution in [-0.4, -0.2) is 24.6 Å². The molecule has 0 bridgehead atoms. The molecule has 0 unspecified atom stereocenters. The number of carbonyl (C=O) groups is 2. The number of terminal acetylenes is 1. The second kappa shape index (κ2) is 9.25. The Morgan fingerprint density at radius 1 is 1.20 bits per heavy atom. The van der Waals surface area contributed by atoms with Crippen LogP contribution in [0.2, 0.25) is 0 Å². The van der Waals surface area contributed by atoms with Crippen LogP contribution >= 0.6 is 15.9 Å². The molecule has 6 nitrogen and oxygen atoms in total. The Bertz CT molecular complexity index is 829. The van der Waals surface area contributed by atoms with Gasteiger partial charge in [0.1, 0.15) is 12.4 Å². The molecule has 0 saturated carbocycles. The summed E-state index contributed by atoms with van der Waals surface area (Å²) in [6.07, 6.45) is 6.54. The maximum absolute atomic E-state index is 11.8. The second-order valence-electron chi connectivity index (χ2n) is 4.69. The molecule has 2 aromatic rings. The fraction of sp³-hybridized carbons (Fsp3) is 0.0556. The highest BCUT2D eigenvalue weighted by Crippen LogP contribution is 2.21. The van der Waals surface area contributed by atoms with E-state index in [1.807, 2.05) is 0 Å². The van der Waals surface area contributed by atoms with Gasteiger partial charge in [0.25, 0.3) is 0 Å². The van der Waals surface area contributed by atoms with Crippen LogP contribution in [0.1, 0.15) is 5.56 Å². The first kappa shape index (κ1) is 18.2. The van der Waals surface area contributed by atoms with Crippen molar-refractivity contribution >= 4 is 39.6 Å². The summed E-state index contributed by atoms with van der Waals surface area (Å²) < 4.78 is 6.19. The van der Waals surface area contributed by atoms with Crippen LogP contribution in [0.15, 0.2) is 58.1 Å². The Morgan fingerprint density at radius 2 is 1.96 bits per heavy atom. The van der Waals surface area contributed by atoms with E-state index in [1.54, 1.807) is 48.5 Å². The van der Waals surface area contributed by atoms with E-state index < -0.39 is 11.8 Å². The molecule has 0 fully saturated rings. The van der Waals surface area contributed by atoms with Crippen molar-refractivity contribution in [2.75, 3.05) is 11.9 Å². The third kappa shape index (κ3) is 5.79. The number of nitrogens with one attached hydrogen (secondary N) is 2. The van der Waals surface area contributed by atoms with Crippen molar-refractivity contribution in [3.63, 3.8) is 0 Å². The first-order valence-electron chi connectivity index (χ1n) is 7.15. The molecule has 2 amide bonds. The Labute approximate surface area is 153 Å². The average Bonchev–Trinajstić information content (AvgIpc) is 2.61. The van der Waals surface area contributed by atoms with Crippen molar-refractivity contribution in [3.8, 4) is 18.1 Å². The molecule has 0 aliphatic rings. The van der Waals surface area contributed by atoms with Gasteiger partial charge in [-0.25, -0.2) is 5.43 Å². The Balaban J connectivity index is 1.98. The summed E-state index contributed by atoms with van der Waals surface area (Å²) in [7, 11) is 0. The van der Waals surface area contributed by atoms with Crippen molar-refractivity contribution in [2.45, 2.75) is 0 Å². The summed E-state index contributed by atoms with van der Waals surface area (Å²) in [6, 6.07) is 13.9. The van der Waals surface area contributed by atoms with Crippen molar-refractivity contribution in [1.82, 2.24) is 5.43 Å². The minimum atomic E-state index is -0.888. The van der Waals surface area contributed by atoms with E-state index in [4.69, 9.17) is 11.2 Å². The zero-order valence-corrected chi connectivity index (χ0v) is 14.6. The molecule has 0 spiro atoms. The first-order chi connectivity index (χ1) is 12.1. The maximum atomic E-state index is 11.8. The lowest BCUT2D eigenvalue weighted by Gasteiger charge is -2.07. The van der Waals surface area contributed by atoms with E-state index >= 15 is 0 Å². The van der Waals surface area contributed by atoms with E-state index in [9.17, 15) is 9.59 Å². The maximum Gasteiger partial charge on any atom is 0.329 e. The minimum Gasteiger partial charge on any atom is -0.480 e. The molecule has 7 heteroatoms. The van der Waals surface area contributed by atoms with Gasteiger partial charge in [-0.3, -0.25) is 9.59 Å². The van der Waals surface area contributed by atoms with Crippen molar-refractivity contribution in [1.29, 1.82) is 0 Å². The molecule has 126 valence electrons. The molecule has 0 radical (unpaired) electrons. The quantitative estimate of drug-likeness (QED) is 0.351. The lowest BCUT2D eigenvalue weighted by Crippen LogP contribution is -2.32. The number of hydrogen-bond acceptors (Lipinski definition) is 4. The average molecular weight is 400 g/mol. The molecule has 0 saturated heterocycles. The van der Waals surface area contributed by atoms with E-state index in [1.165, 1.54) is 6.21 Å². The Kier molecular flexibility index (Phi) is 6.75. The monoisotopic (exact) mass is 399 g/mol. The molecule has 0 heterocycles. The number of nitrogens with zero attached hydrogens (tertiary/aromatic N) is 1. The topological polar surface area (TPSA) is 79.8 Å². The van der Waals surface area contributed by atoms with Gasteiger partial charge in [-0.15, -0.1) is 6.42 Å². The van der Waals surface area contributed by atoms with E-state index in [-0.39, 0.29) is 6.61 Å². The fourth-order valence-corrected chi connectivity index (χ4v) is 2.17. The van der Waals surface area contributed by atoms with Gasteiger partial charge in [-0.05, 0) is 30.3 Å². The molecule has 2 rings (SSSR count). The van der Waals surface area contributed by atoms with Crippen LogP contribution in [-0.2, 0) is 9.59 Å². The van der Waals surface area contributed by atoms with Crippen molar-refractivity contribution < 1.29 is 14.3 Å². The normalized spacial score (nSPS) is 10.1. The number of hydrogen-bond donors (Lipinski definition) is 2. The van der Waals surface area contributed by atoms with Gasteiger partial charge in [0.2, 0.25) is 0 Å². The van der Waals surface area contributed by atoms with Gasteiger partial charge in [0, 0.05) is 15.7 Å². The van der Waals surface area contributed by atoms with Gasteiger partial charge < -0.3 is 10.1 Å². The summed E-state index contributed by atoms with van der Waals surface area (Å²) in [6.45, 7) is 0.105. The third-order valence-electron chi connectivity index (χ3n) is 2.89. The van der Waals surface area contributed by atoms with Crippen LogP contribution in [0.25, 0.3) is 0 Å². The Morgan fingerprint density at radius 3 is 2.68 bits per heavy atom. The van der Waals surface area contributed by atoms with Crippen LogP contribution in [0.4, 0.5) is 5.69 Å². The summed E-state index contributed by atoms with van der Waals surface area (Å²) in [5, 5.41) is 6.24. The van der Waals surface area contributed by atoms with E-state index in [0.717, 1.165) is 4.47 Å². The second-order valence-corrected chi connectivity index (χ2v) is 5.61. The van der Waals surface area contributed by atoms with Gasteiger partial charge >= 0.3 is 11.8 Å². The fourth-order valence-electron chi connectivity index (χ4n) is 1.79.